The van der Waals surface area contributed by atoms with Crippen molar-refractivity contribution in [3.8, 4) is 11.1 Å². The summed E-state index contributed by atoms with van der Waals surface area (Å²) in [5, 5.41) is 12.8. The van der Waals surface area contributed by atoms with Crippen LogP contribution < -0.4 is 4.73 Å². The topological polar surface area (TPSA) is 26.9 Å². The lowest BCUT2D eigenvalue weighted by atomic mass is 10.0. The van der Waals surface area contributed by atoms with Gasteiger partial charge in [0.2, 0.25) is 5.52 Å². The molecule has 0 unspecified atom stereocenters. The first-order chi connectivity index (χ1) is 9.16. The van der Waals surface area contributed by atoms with Crippen molar-refractivity contribution in [3.63, 3.8) is 0 Å². The molecule has 2 nitrogen and oxygen atoms in total. The van der Waals surface area contributed by atoms with Crippen LogP contribution in [0, 0.1) is 11.0 Å². The molecule has 0 saturated heterocycles. The maximum atomic E-state index is 13.3. The van der Waals surface area contributed by atoms with Crippen LogP contribution in [-0.4, -0.2) is 0 Å². The number of aromatic nitrogens is 1. The molecular weight excluding hydrogens is 309 g/mol. The summed E-state index contributed by atoms with van der Waals surface area (Å²) in [6, 6.07) is 13.5. The fourth-order valence-corrected chi connectivity index (χ4v) is 2.61. The number of nitrogens with zero attached hydrogens (tertiary/aromatic N) is 1. The number of hydrogen-bond acceptors (Lipinski definition) is 1. The van der Waals surface area contributed by atoms with Gasteiger partial charge < -0.3 is 5.21 Å². The van der Waals surface area contributed by atoms with Crippen LogP contribution in [0.2, 0.25) is 0 Å². The fraction of sp³-hybridized carbons (Fsp3) is 0. The number of halogens is 2. The van der Waals surface area contributed by atoms with Crippen molar-refractivity contribution < 1.29 is 9.12 Å². The van der Waals surface area contributed by atoms with Gasteiger partial charge in [-0.2, -0.15) is 4.73 Å². The second-order valence-electron chi connectivity index (χ2n) is 4.20. The predicted molar refractivity (Wildman–Crippen MR) is 76.0 cm³/mol. The lowest BCUT2D eigenvalue weighted by molar-refractivity contribution is -0.576. The van der Waals surface area contributed by atoms with E-state index in [1.807, 2.05) is 18.2 Å². The van der Waals surface area contributed by atoms with Gasteiger partial charge in [-0.1, -0.05) is 12.1 Å². The van der Waals surface area contributed by atoms with Crippen LogP contribution in [-0.2, 0) is 0 Å². The van der Waals surface area contributed by atoms with E-state index < -0.39 is 0 Å². The molecular formula is C15H9BrFNO. The molecule has 0 amide bonds. The molecule has 0 radical (unpaired) electrons. The van der Waals surface area contributed by atoms with Crippen LogP contribution in [0.15, 0.2) is 59.2 Å². The van der Waals surface area contributed by atoms with E-state index in [0.29, 0.717) is 16.6 Å². The molecule has 0 atom stereocenters. The van der Waals surface area contributed by atoms with Gasteiger partial charge in [-0.25, -0.2) is 4.39 Å². The Bertz CT molecular complexity index is 773. The van der Waals surface area contributed by atoms with Gasteiger partial charge in [0.25, 0.3) is 0 Å². The summed E-state index contributed by atoms with van der Waals surface area (Å²) in [5.41, 5.74) is 1.93. The molecule has 0 aliphatic carbocycles. The molecule has 0 aliphatic rings. The van der Waals surface area contributed by atoms with Crippen molar-refractivity contribution in [2.24, 2.45) is 0 Å². The third-order valence-electron chi connectivity index (χ3n) is 3.00. The quantitative estimate of drug-likeness (QED) is 0.491. The van der Waals surface area contributed by atoms with E-state index >= 15 is 0 Å². The summed E-state index contributed by atoms with van der Waals surface area (Å²) in [6.45, 7) is 0. The molecule has 0 bridgehead atoms. The average molecular weight is 318 g/mol. The minimum Gasteiger partial charge on any atom is -0.618 e. The van der Waals surface area contributed by atoms with Gasteiger partial charge in [0, 0.05) is 10.5 Å². The third-order valence-corrected chi connectivity index (χ3v) is 3.70. The van der Waals surface area contributed by atoms with Crippen molar-refractivity contribution in [1.82, 2.24) is 0 Å². The minimum absolute atomic E-state index is 0.318. The van der Waals surface area contributed by atoms with Gasteiger partial charge in [-0.05, 0) is 51.8 Å². The highest BCUT2D eigenvalue weighted by Gasteiger charge is 2.14. The summed E-state index contributed by atoms with van der Waals surface area (Å²) in [4.78, 5) is 0. The zero-order chi connectivity index (χ0) is 13.4. The normalized spacial score (nSPS) is 10.8. The molecule has 0 spiro atoms. The van der Waals surface area contributed by atoms with Crippen molar-refractivity contribution >= 4 is 26.8 Å². The van der Waals surface area contributed by atoms with Crippen LogP contribution in [0.5, 0.6) is 0 Å². The van der Waals surface area contributed by atoms with Crippen LogP contribution in [0.4, 0.5) is 4.39 Å². The van der Waals surface area contributed by atoms with Gasteiger partial charge in [0.05, 0.1) is 10.9 Å². The minimum atomic E-state index is -0.318. The molecule has 0 aliphatic heterocycles. The van der Waals surface area contributed by atoms with Gasteiger partial charge >= 0.3 is 0 Å². The van der Waals surface area contributed by atoms with Gasteiger partial charge in [-0.15, -0.1) is 0 Å². The first kappa shape index (κ1) is 12.1. The van der Waals surface area contributed by atoms with Crippen molar-refractivity contribution in [1.29, 1.82) is 0 Å². The number of benzene rings is 2. The number of pyridine rings is 1. The van der Waals surface area contributed by atoms with Crippen molar-refractivity contribution in [2.45, 2.75) is 0 Å². The summed E-state index contributed by atoms with van der Waals surface area (Å²) in [6.07, 6.45) is 1.44. The Balaban J connectivity index is 2.39. The monoisotopic (exact) mass is 317 g/mol. The molecule has 19 heavy (non-hydrogen) atoms. The highest BCUT2D eigenvalue weighted by molar-refractivity contribution is 9.10. The molecule has 3 rings (SSSR count). The molecule has 3 aromatic rings. The van der Waals surface area contributed by atoms with Gasteiger partial charge in [-0.3, -0.25) is 0 Å². The Hall–Kier alpha value is -1.94. The predicted octanol–water partition coefficient (Wildman–Crippen LogP) is 4.04. The zero-order valence-electron chi connectivity index (χ0n) is 9.81. The number of fused-ring (bicyclic) bond motifs is 1. The summed E-state index contributed by atoms with van der Waals surface area (Å²) < 4.78 is 15.0. The Morgan fingerprint density at radius 3 is 2.68 bits per heavy atom. The maximum Gasteiger partial charge on any atom is 0.232 e. The fourth-order valence-electron chi connectivity index (χ4n) is 2.16. The second kappa shape index (κ2) is 4.63. The average Bonchev–Trinajstić information content (AvgIpc) is 2.40. The first-order valence-corrected chi connectivity index (χ1v) is 6.52. The van der Waals surface area contributed by atoms with E-state index in [0.717, 1.165) is 14.6 Å². The summed E-state index contributed by atoms with van der Waals surface area (Å²) >= 11 is 3.43. The zero-order valence-corrected chi connectivity index (χ0v) is 11.4. The second-order valence-corrected chi connectivity index (χ2v) is 5.06. The Morgan fingerprint density at radius 2 is 1.89 bits per heavy atom. The van der Waals surface area contributed by atoms with Crippen LogP contribution in [0.3, 0.4) is 0 Å². The molecule has 1 heterocycles. The highest BCUT2D eigenvalue weighted by Crippen LogP contribution is 2.31. The molecule has 0 fully saturated rings. The van der Waals surface area contributed by atoms with E-state index in [4.69, 9.17) is 0 Å². The molecule has 4 heteroatoms. The van der Waals surface area contributed by atoms with Crippen molar-refractivity contribution in [3.05, 3.63) is 70.2 Å². The maximum absolute atomic E-state index is 13.3. The summed E-state index contributed by atoms with van der Waals surface area (Å²) in [5.74, 6) is -0.318. The van der Waals surface area contributed by atoms with E-state index in [1.165, 1.54) is 18.3 Å². The summed E-state index contributed by atoms with van der Waals surface area (Å²) in [7, 11) is 0. The lowest BCUT2D eigenvalue weighted by Crippen LogP contribution is -2.26. The molecule has 0 saturated carbocycles. The Kier molecular flexibility index (Phi) is 2.95. The third kappa shape index (κ3) is 2.08. The van der Waals surface area contributed by atoms with E-state index in [-0.39, 0.29) is 5.82 Å². The molecule has 0 N–H and O–H groups in total. The first-order valence-electron chi connectivity index (χ1n) is 5.73. The van der Waals surface area contributed by atoms with E-state index in [9.17, 15) is 9.60 Å². The lowest BCUT2D eigenvalue weighted by Gasteiger charge is -2.08. The van der Waals surface area contributed by atoms with Crippen LogP contribution >= 0.6 is 15.9 Å². The van der Waals surface area contributed by atoms with Gasteiger partial charge in [0.15, 0.2) is 6.20 Å². The highest BCUT2D eigenvalue weighted by atomic mass is 79.9. The van der Waals surface area contributed by atoms with E-state index in [1.54, 1.807) is 18.2 Å². The SMILES string of the molecule is [O-][n+]1cccc2c(Br)ccc(-c3cccc(F)c3)c21. The van der Waals surface area contributed by atoms with Crippen molar-refractivity contribution in [2.75, 3.05) is 0 Å². The smallest absolute Gasteiger partial charge is 0.232 e. The Morgan fingerprint density at radius 1 is 1.05 bits per heavy atom. The molecule has 2 aromatic carbocycles. The molecule has 1 aromatic heterocycles. The van der Waals surface area contributed by atoms with E-state index in [2.05, 4.69) is 15.9 Å². The number of hydrogen-bond donors (Lipinski definition) is 0. The molecule has 94 valence electrons. The van der Waals surface area contributed by atoms with Crippen LogP contribution in [0.25, 0.3) is 22.0 Å². The largest absolute Gasteiger partial charge is 0.618 e. The number of rotatable bonds is 1. The standard InChI is InChI=1S/C15H9BrFNO/c16-14-7-6-12(10-3-1-4-11(17)9-10)15-13(14)5-2-8-18(15)19/h1-9H. The van der Waals surface area contributed by atoms with Gasteiger partial charge in [0.1, 0.15) is 5.82 Å². The Labute approximate surface area is 117 Å². The van der Waals surface area contributed by atoms with Crippen LogP contribution in [0.1, 0.15) is 0 Å².